The molecule has 1 heterocycles. The van der Waals surface area contributed by atoms with Crippen molar-refractivity contribution in [2.24, 2.45) is 0 Å². The SMILES string of the molecule is COc1nc(C)c(NC(=O)c2cccc(C#N)c2)c(C)n1. The van der Waals surface area contributed by atoms with Crippen LogP contribution in [0.1, 0.15) is 27.3 Å². The minimum atomic E-state index is -0.313. The minimum Gasteiger partial charge on any atom is -0.467 e. The average molecular weight is 282 g/mol. The summed E-state index contributed by atoms with van der Waals surface area (Å²) in [5, 5.41) is 11.6. The summed E-state index contributed by atoms with van der Waals surface area (Å²) in [6.07, 6.45) is 0. The molecule has 0 spiro atoms. The lowest BCUT2D eigenvalue weighted by molar-refractivity contribution is 0.102. The van der Waals surface area contributed by atoms with Crippen molar-refractivity contribution >= 4 is 11.6 Å². The van der Waals surface area contributed by atoms with Gasteiger partial charge in [-0.15, -0.1) is 0 Å². The molecule has 0 aliphatic heterocycles. The predicted octanol–water partition coefficient (Wildman–Crippen LogP) is 2.23. The van der Waals surface area contributed by atoms with Crippen molar-refractivity contribution in [3.05, 3.63) is 46.8 Å². The van der Waals surface area contributed by atoms with Gasteiger partial charge in [0.1, 0.15) is 0 Å². The summed E-state index contributed by atoms with van der Waals surface area (Å²) >= 11 is 0. The molecule has 6 nitrogen and oxygen atoms in total. The second-order valence-electron chi connectivity index (χ2n) is 4.40. The van der Waals surface area contributed by atoms with E-state index in [1.807, 2.05) is 6.07 Å². The van der Waals surface area contributed by atoms with E-state index in [0.29, 0.717) is 28.2 Å². The van der Waals surface area contributed by atoms with Gasteiger partial charge in [-0.05, 0) is 32.0 Å². The van der Waals surface area contributed by atoms with Crippen molar-refractivity contribution in [2.45, 2.75) is 13.8 Å². The largest absolute Gasteiger partial charge is 0.467 e. The van der Waals surface area contributed by atoms with Gasteiger partial charge in [0.05, 0.1) is 35.8 Å². The van der Waals surface area contributed by atoms with Crippen molar-refractivity contribution < 1.29 is 9.53 Å². The number of nitrogens with zero attached hydrogens (tertiary/aromatic N) is 3. The first-order valence-electron chi connectivity index (χ1n) is 6.26. The number of nitriles is 1. The van der Waals surface area contributed by atoms with Gasteiger partial charge in [0.15, 0.2) is 0 Å². The van der Waals surface area contributed by atoms with Crippen LogP contribution in [0, 0.1) is 25.2 Å². The zero-order valence-electron chi connectivity index (χ0n) is 12.0. The lowest BCUT2D eigenvalue weighted by atomic mass is 10.1. The number of methoxy groups -OCH3 is 1. The summed E-state index contributed by atoms with van der Waals surface area (Å²) in [5.74, 6) is -0.313. The van der Waals surface area contributed by atoms with Gasteiger partial charge >= 0.3 is 6.01 Å². The summed E-state index contributed by atoms with van der Waals surface area (Å²) < 4.78 is 4.98. The first-order chi connectivity index (χ1) is 10.0. The first kappa shape index (κ1) is 14.5. The molecule has 1 N–H and O–H groups in total. The van der Waals surface area contributed by atoms with Crippen LogP contribution in [-0.4, -0.2) is 23.0 Å². The molecule has 21 heavy (non-hydrogen) atoms. The highest BCUT2D eigenvalue weighted by Crippen LogP contribution is 2.20. The van der Waals surface area contributed by atoms with Crippen LogP contribution in [0.15, 0.2) is 24.3 Å². The van der Waals surface area contributed by atoms with Gasteiger partial charge in [0, 0.05) is 5.56 Å². The molecule has 106 valence electrons. The molecular formula is C15H14N4O2. The molecule has 0 aliphatic rings. The third-order valence-electron chi connectivity index (χ3n) is 2.93. The Balaban J connectivity index is 2.30. The van der Waals surface area contributed by atoms with Gasteiger partial charge in [-0.3, -0.25) is 4.79 Å². The van der Waals surface area contributed by atoms with E-state index in [0.717, 1.165) is 0 Å². The van der Waals surface area contributed by atoms with Crippen LogP contribution in [0.25, 0.3) is 0 Å². The molecule has 2 rings (SSSR count). The number of carbonyl (C=O) groups is 1. The summed E-state index contributed by atoms with van der Waals surface area (Å²) in [5.41, 5.74) is 2.61. The lowest BCUT2D eigenvalue weighted by Crippen LogP contribution is -2.15. The van der Waals surface area contributed by atoms with E-state index >= 15 is 0 Å². The highest BCUT2D eigenvalue weighted by atomic mass is 16.5. The molecule has 0 atom stereocenters. The highest BCUT2D eigenvalue weighted by Gasteiger charge is 2.13. The van der Waals surface area contributed by atoms with Crippen molar-refractivity contribution in [2.75, 3.05) is 12.4 Å². The van der Waals surface area contributed by atoms with E-state index in [1.54, 1.807) is 32.0 Å². The molecule has 1 aromatic carbocycles. The second-order valence-corrected chi connectivity index (χ2v) is 4.40. The number of anilines is 1. The number of hydrogen-bond donors (Lipinski definition) is 1. The Labute approximate surface area is 122 Å². The molecule has 1 aromatic heterocycles. The number of nitrogens with one attached hydrogen (secondary N) is 1. The first-order valence-corrected chi connectivity index (χ1v) is 6.26. The number of amides is 1. The van der Waals surface area contributed by atoms with E-state index in [1.165, 1.54) is 13.2 Å². The predicted molar refractivity (Wildman–Crippen MR) is 77.2 cm³/mol. The minimum absolute atomic E-state index is 0.259. The van der Waals surface area contributed by atoms with Gasteiger partial charge in [-0.1, -0.05) is 6.07 Å². The van der Waals surface area contributed by atoms with E-state index in [9.17, 15) is 4.79 Å². The molecule has 0 saturated carbocycles. The van der Waals surface area contributed by atoms with Gasteiger partial charge in [-0.2, -0.15) is 15.2 Å². The van der Waals surface area contributed by atoms with Crippen LogP contribution in [-0.2, 0) is 0 Å². The van der Waals surface area contributed by atoms with Crippen molar-refractivity contribution in [1.82, 2.24) is 9.97 Å². The molecular weight excluding hydrogens is 268 g/mol. The number of hydrogen-bond acceptors (Lipinski definition) is 5. The lowest BCUT2D eigenvalue weighted by Gasteiger charge is -2.11. The highest BCUT2D eigenvalue weighted by molar-refractivity contribution is 6.05. The molecule has 2 aromatic rings. The van der Waals surface area contributed by atoms with Crippen molar-refractivity contribution in [3.63, 3.8) is 0 Å². The maximum Gasteiger partial charge on any atom is 0.316 e. The maximum atomic E-state index is 12.2. The Kier molecular flexibility index (Phi) is 4.14. The number of ether oxygens (including phenoxy) is 1. The number of rotatable bonds is 3. The van der Waals surface area contributed by atoms with Gasteiger partial charge < -0.3 is 10.1 Å². The quantitative estimate of drug-likeness (QED) is 0.932. The molecule has 0 saturated heterocycles. The van der Waals surface area contributed by atoms with E-state index in [4.69, 9.17) is 10.00 Å². The summed E-state index contributed by atoms with van der Waals surface area (Å²) in [7, 11) is 1.49. The molecule has 0 unspecified atom stereocenters. The van der Waals surface area contributed by atoms with E-state index in [2.05, 4.69) is 15.3 Å². The fraction of sp³-hybridized carbons (Fsp3) is 0.200. The Hall–Kier alpha value is -2.94. The van der Waals surface area contributed by atoms with E-state index < -0.39 is 0 Å². The van der Waals surface area contributed by atoms with Crippen LogP contribution in [0.3, 0.4) is 0 Å². The zero-order valence-corrected chi connectivity index (χ0v) is 12.0. The monoisotopic (exact) mass is 282 g/mol. The fourth-order valence-electron chi connectivity index (χ4n) is 1.87. The molecule has 1 amide bonds. The van der Waals surface area contributed by atoms with Gasteiger partial charge in [0.25, 0.3) is 5.91 Å². The molecule has 6 heteroatoms. The smallest absolute Gasteiger partial charge is 0.316 e. The van der Waals surface area contributed by atoms with Gasteiger partial charge in [-0.25, -0.2) is 0 Å². The number of aromatic nitrogens is 2. The average Bonchev–Trinajstić information content (AvgIpc) is 2.50. The third-order valence-corrected chi connectivity index (χ3v) is 2.93. The van der Waals surface area contributed by atoms with Crippen LogP contribution >= 0.6 is 0 Å². The van der Waals surface area contributed by atoms with E-state index in [-0.39, 0.29) is 11.9 Å². The Bertz CT molecular complexity index is 712. The summed E-state index contributed by atoms with van der Waals surface area (Å²) in [6, 6.07) is 8.74. The standard InChI is InChI=1S/C15H14N4O2/c1-9-13(10(2)18-15(17-9)21-3)19-14(20)12-6-4-5-11(7-12)8-16/h4-7H,1-3H3,(H,19,20). The van der Waals surface area contributed by atoms with Crippen LogP contribution in [0.5, 0.6) is 6.01 Å². The van der Waals surface area contributed by atoms with Crippen molar-refractivity contribution in [3.8, 4) is 12.1 Å². The number of aryl methyl sites for hydroxylation is 2. The van der Waals surface area contributed by atoms with Crippen molar-refractivity contribution in [1.29, 1.82) is 5.26 Å². The normalized spacial score (nSPS) is 9.81. The zero-order chi connectivity index (χ0) is 15.4. The van der Waals surface area contributed by atoms with Crippen LogP contribution in [0.2, 0.25) is 0 Å². The van der Waals surface area contributed by atoms with Gasteiger partial charge in [0.2, 0.25) is 0 Å². The fourth-order valence-corrected chi connectivity index (χ4v) is 1.87. The molecule has 0 radical (unpaired) electrons. The Morgan fingerprint density at radius 3 is 2.52 bits per heavy atom. The molecule has 0 aliphatic carbocycles. The molecule has 0 bridgehead atoms. The number of benzene rings is 1. The summed E-state index contributed by atoms with van der Waals surface area (Å²) in [4.78, 5) is 20.5. The van der Waals surface area contributed by atoms with Crippen LogP contribution < -0.4 is 10.1 Å². The maximum absolute atomic E-state index is 12.2. The Morgan fingerprint density at radius 1 is 1.29 bits per heavy atom. The topological polar surface area (TPSA) is 87.9 Å². The third kappa shape index (κ3) is 3.15. The summed E-state index contributed by atoms with van der Waals surface area (Å²) in [6.45, 7) is 3.52. The van der Waals surface area contributed by atoms with Crippen LogP contribution in [0.4, 0.5) is 5.69 Å². The molecule has 0 fully saturated rings. The second kappa shape index (κ2) is 6.01. The Morgan fingerprint density at radius 2 is 1.95 bits per heavy atom. The number of carbonyl (C=O) groups excluding carboxylic acids is 1.